The van der Waals surface area contributed by atoms with E-state index in [1.54, 1.807) is 0 Å². The molecule has 166 valence electrons. The summed E-state index contributed by atoms with van der Waals surface area (Å²) < 4.78 is 16.0. The second kappa shape index (κ2) is 13.5. The molecule has 2 unspecified atom stereocenters. The van der Waals surface area contributed by atoms with Crippen molar-refractivity contribution >= 4 is 30.0 Å². The summed E-state index contributed by atoms with van der Waals surface area (Å²) in [6.07, 6.45) is 0.917. The number of nitrogens with one attached hydrogen (secondary N) is 1. The Morgan fingerprint density at radius 1 is 1.10 bits per heavy atom. The lowest BCUT2D eigenvalue weighted by Gasteiger charge is -2.24. The van der Waals surface area contributed by atoms with Crippen LogP contribution in [-0.2, 0) is 20.7 Å². The minimum atomic E-state index is -0.398. The zero-order valence-electron chi connectivity index (χ0n) is 17.9. The van der Waals surface area contributed by atoms with Crippen LogP contribution in [0.15, 0.2) is 48.5 Å². The molecule has 2 rings (SSSR count). The molecule has 0 saturated carbocycles. The fourth-order valence-corrected chi connectivity index (χ4v) is 3.14. The van der Waals surface area contributed by atoms with Crippen molar-refractivity contribution in [3.05, 3.63) is 64.7 Å². The van der Waals surface area contributed by atoms with Crippen LogP contribution in [0.5, 0.6) is 5.75 Å². The Hall–Kier alpha value is -1.79. The van der Waals surface area contributed by atoms with Crippen LogP contribution in [0, 0.1) is 0 Å². The molecular weight excluding hydrogens is 425 g/mol. The van der Waals surface area contributed by atoms with E-state index < -0.39 is 5.97 Å². The van der Waals surface area contributed by atoms with E-state index >= 15 is 0 Å². The molecule has 5 nitrogen and oxygen atoms in total. The summed E-state index contributed by atoms with van der Waals surface area (Å²) in [6.45, 7) is 6.82. The number of rotatable bonds is 11. The number of methoxy groups -OCH3 is 1. The molecule has 0 aliphatic heterocycles. The Bertz CT molecular complexity index is 768. The van der Waals surface area contributed by atoms with Crippen molar-refractivity contribution < 1.29 is 19.0 Å². The number of hydrogen-bond donors (Lipinski definition) is 1. The van der Waals surface area contributed by atoms with E-state index in [1.807, 2.05) is 62.4 Å². The largest absolute Gasteiger partial charge is 0.482 e. The molecule has 30 heavy (non-hydrogen) atoms. The third kappa shape index (κ3) is 9.35. The summed E-state index contributed by atoms with van der Waals surface area (Å²) in [5.74, 6) is 0.246. The van der Waals surface area contributed by atoms with Crippen molar-refractivity contribution in [1.29, 1.82) is 0 Å². The molecule has 0 aromatic heterocycles. The molecule has 0 radical (unpaired) electrons. The van der Waals surface area contributed by atoms with Crippen molar-refractivity contribution in [3.8, 4) is 5.75 Å². The lowest BCUT2D eigenvalue weighted by molar-refractivity contribution is -0.142. The average Bonchev–Trinajstić information content (AvgIpc) is 2.70. The first-order valence-corrected chi connectivity index (χ1v) is 10.2. The van der Waals surface area contributed by atoms with Gasteiger partial charge in [-0.15, -0.1) is 12.4 Å². The first-order valence-electron chi connectivity index (χ1n) is 9.80. The third-order valence-corrected chi connectivity index (χ3v) is 4.59. The monoisotopic (exact) mass is 455 g/mol. The summed E-state index contributed by atoms with van der Waals surface area (Å²) >= 11 is 6.14. The fourth-order valence-electron chi connectivity index (χ4n) is 2.94. The molecule has 0 heterocycles. The second-order valence-electron chi connectivity index (χ2n) is 7.25. The second-order valence-corrected chi connectivity index (χ2v) is 7.69. The Balaban J connectivity index is 0.00000450. The maximum Gasteiger partial charge on any atom is 0.343 e. The highest BCUT2D eigenvalue weighted by atomic mass is 35.5. The van der Waals surface area contributed by atoms with E-state index in [1.165, 1.54) is 12.7 Å². The van der Waals surface area contributed by atoms with Crippen LogP contribution in [0.2, 0.25) is 5.02 Å². The summed E-state index contributed by atoms with van der Waals surface area (Å²) in [5, 5.41) is 4.27. The van der Waals surface area contributed by atoms with Gasteiger partial charge in [-0.25, -0.2) is 4.79 Å². The van der Waals surface area contributed by atoms with Crippen molar-refractivity contribution in [1.82, 2.24) is 5.32 Å². The number of carbonyl (C=O) groups excluding carboxylic acids is 1. The summed E-state index contributed by atoms with van der Waals surface area (Å²) in [6, 6.07) is 15.8. The van der Waals surface area contributed by atoms with Crippen molar-refractivity contribution in [2.24, 2.45) is 0 Å². The fraction of sp³-hybridized carbons (Fsp3) is 0.435. The van der Waals surface area contributed by atoms with Gasteiger partial charge in [-0.05, 0) is 62.6 Å². The molecule has 2 aromatic carbocycles. The van der Waals surface area contributed by atoms with Crippen LogP contribution in [0.4, 0.5) is 0 Å². The molecule has 0 saturated heterocycles. The van der Waals surface area contributed by atoms with Gasteiger partial charge in [0, 0.05) is 17.6 Å². The number of benzene rings is 2. The summed E-state index contributed by atoms with van der Waals surface area (Å²) in [4.78, 5) is 11.1. The lowest BCUT2D eigenvalue weighted by atomic mass is 10.1. The number of carbonyl (C=O) groups is 1. The molecule has 2 aromatic rings. The van der Waals surface area contributed by atoms with Crippen LogP contribution in [-0.4, -0.2) is 38.4 Å². The average molecular weight is 456 g/mol. The van der Waals surface area contributed by atoms with Gasteiger partial charge in [-0.2, -0.15) is 0 Å². The van der Waals surface area contributed by atoms with Gasteiger partial charge in [0.15, 0.2) is 6.61 Å². The highest BCUT2D eigenvalue weighted by Crippen LogP contribution is 2.22. The SMILES string of the molecule is COC(=O)COc1ccc(CC(C)NCC(OC(C)C)c2cccc(Cl)c2)cc1.Cl. The van der Waals surface area contributed by atoms with Gasteiger partial charge in [0.1, 0.15) is 5.75 Å². The maximum atomic E-state index is 11.1. The van der Waals surface area contributed by atoms with Crippen molar-refractivity contribution in [3.63, 3.8) is 0 Å². The van der Waals surface area contributed by atoms with Gasteiger partial charge < -0.3 is 19.5 Å². The smallest absolute Gasteiger partial charge is 0.343 e. The normalized spacial score (nSPS) is 12.7. The zero-order chi connectivity index (χ0) is 21.2. The number of hydrogen-bond acceptors (Lipinski definition) is 5. The highest BCUT2D eigenvalue weighted by molar-refractivity contribution is 6.30. The highest BCUT2D eigenvalue weighted by Gasteiger charge is 2.16. The maximum absolute atomic E-state index is 11.1. The molecule has 0 fully saturated rings. The van der Waals surface area contributed by atoms with Crippen LogP contribution in [0.25, 0.3) is 0 Å². The van der Waals surface area contributed by atoms with Crippen LogP contribution < -0.4 is 10.1 Å². The molecule has 1 N–H and O–H groups in total. The summed E-state index contributed by atoms with van der Waals surface area (Å²) in [7, 11) is 1.34. The van der Waals surface area contributed by atoms with Crippen molar-refractivity contribution in [2.45, 2.75) is 45.4 Å². The standard InChI is InChI=1S/C23H30ClNO4.ClH/c1-16(2)29-22(19-6-5-7-20(24)13-19)14-25-17(3)12-18-8-10-21(11-9-18)28-15-23(26)27-4;/h5-11,13,16-17,22,25H,12,14-15H2,1-4H3;1H. The minimum Gasteiger partial charge on any atom is -0.482 e. The first kappa shape index (κ1) is 26.2. The van der Waals surface area contributed by atoms with Gasteiger partial charge in [0.05, 0.1) is 19.3 Å². The topological polar surface area (TPSA) is 56.8 Å². The third-order valence-electron chi connectivity index (χ3n) is 4.36. The van der Waals surface area contributed by atoms with Gasteiger partial charge in [0.25, 0.3) is 0 Å². The van der Waals surface area contributed by atoms with Crippen LogP contribution >= 0.6 is 24.0 Å². The summed E-state index contributed by atoms with van der Waals surface area (Å²) in [5.41, 5.74) is 2.25. The Labute approximate surface area is 190 Å². The molecule has 0 bridgehead atoms. The van der Waals surface area contributed by atoms with E-state index in [2.05, 4.69) is 17.0 Å². The number of ether oxygens (including phenoxy) is 3. The Kier molecular flexibility index (Phi) is 11.8. The molecule has 0 aliphatic carbocycles. The van der Waals surface area contributed by atoms with E-state index in [0.29, 0.717) is 17.3 Å². The molecule has 7 heteroatoms. The molecule has 0 amide bonds. The van der Waals surface area contributed by atoms with Gasteiger partial charge in [-0.1, -0.05) is 35.9 Å². The minimum absolute atomic E-state index is 0. The van der Waals surface area contributed by atoms with E-state index in [9.17, 15) is 4.79 Å². The zero-order valence-corrected chi connectivity index (χ0v) is 19.5. The Morgan fingerprint density at radius 3 is 2.40 bits per heavy atom. The van der Waals surface area contributed by atoms with Crippen LogP contribution in [0.3, 0.4) is 0 Å². The van der Waals surface area contributed by atoms with Gasteiger partial charge in [0.2, 0.25) is 0 Å². The first-order chi connectivity index (χ1) is 13.9. The molecule has 0 spiro atoms. The van der Waals surface area contributed by atoms with Gasteiger partial charge >= 0.3 is 5.97 Å². The van der Waals surface area contributed by atoms with Crippen molar-refractivity contribution in [2.75, 3.05) is 20.3 Å². The predicted octanol–water partition coefficient (Wildman–Crippen LogP) is 5.00. The van der Waals surface area contributed by atoms with Gasteiger partial charge in [-0.3, -0.25) is 0 Å². The Morgan fingerprint density at radius 2 is 1.80 bits per heavy atom. The molecular formula is C23H31Cl2NO4. The number of halogens is 2. The van der Waals surface area contributed by atoms with Crippen LogP contribution in [0.1, 0.15) is 38.0 Å². The molecule has 2 atom stereocenters. The predicted molar refractivity (Wildman–Crippen MR) is 123 cm³/mol. The quantitative estimate of drug-likeness (QED) is 0.483. The van der Waals surface area contributed by atoms with E-state index in [0.717, 1.165) is 12.0 Å². The van der Waals surface area contributed by atoms with E-state index in [4.69, 9.17) is 21.1 Å². The number of esters is 1. The molecule has 0 aliphatic rings. The lowest BCUT2D eigenvalue weighted by Crippen LogP contribution is -2.33. The van der Waals surface area contributed by atoms with E-state index in [-0.39, 0.29) is 37.3 Å².